The number of aliphatic hydroxyl groups excluding tert-OH is 1. The van der Waals surface area contributed by atoms with E-state index in [1.165, 1.54) is 0 Å². The van der Waals surface area contributed by atoms with Crippen LogP contribution in [0, 0.1) is 0 Å². The van der Waals surface area contributed by atoms with E-state index >= 15 is 0 Å². The molecule has 0 aromatic heterocycles. The van der Waals surface area contributed by atoms with Crippen molar-refractivity contribution in [2.45, 2.75) is 6.92 Å². The van der Waals surface area contributed by atoms with Gasteiger partial charge in [-0.1, -0.05) is 6.58 Å². The molecule has 1 N–H and O–H groups in total. The first-order valence-corrected chi connectivity index (χ1v) is 2.57. The molecule has 0 spiro atoms. The SMILES string of the molecule is C=C(C)COC(=O)CO. The Morgan fingerprint density at radius 1 is 1.78 bits per heavy atom. The zero-order chi connectivity index (χ0) is 7.28. The van der Waals surface area contributed by atoms with Crippen LogP contribution in [0.2, 0.25) is 0 Å². The third kappa shape index (κ3) is 5.03. The molecule has 0 radical (unpaired) electrons. The predicted octanol–water partition coefficient (Wildman–Crippen LogP) is 0.0980. The van der Waals surface area contributed by atoms with Crippen molar-refractivity contribution in [3.63, 3.8) is 0 Å². The molecule has 0 rings (SSSR count). The maximum atomic E-state index is 10.2. The molecule has 3 nitrogen and oxygen atoms in total. The summed E-state index contributed by atoms with van der Waals surface area (Å²) >= 11 is 0. The van der Waals surface area contributed by atoms with Crippen LogP contribution >= 0.6 is 0 Å². The molecule has 0 aliphatic carbocycles. The maximum Gasteiger partial charge on any atom is 0.332 e. The molecule has 9 heavy (non-hydrogen) atoms. The van der Waals surface area contributed by atoms with E-state index in [9.17, 15) is 4.79 Å². The molecule has 52 valence electrons. The molecule has 0 fully saturated rings. The Balaban J connectivity index is 3.28. The number of carbonyl (C=O) groups excluding carboxylic acids is 1. The van der Waals surface area contributed by atoms with Gasteiger partial charge in [-0.25, -0.2) is 4.79 Å². The van der Waals surface area contributed by atoms with Crippen LogP contribution in [-0.2, 0) is 9.53 Å². The molecule has 3 heteroatoms. The molecule has 0 saturated heterocycles. The van der Waals surface area contributed by atoms with E-state index in [4.69, 9.17) is 5.11 Å². The molecule has 0 aromatic carbocycles. The molecule has 0 atom stereocenters. The minimum atomic E-state index is -0.613. The lowest BCUT2D eigenvalue weighted by atomic mass is 10.4. The van der Waals surface area contributed by atoms with Crippen molar-refractivity contribution in [1.82, 2.24) is 0 Å². The zero-order valence-corrected chi connectivity index (χ0v) is 5.39. The molecule has 0 heterocycles. The van der Waals surface area contributed by atoms with Crippen LogP contribution in [0.5, 0.6) is 0 Å². The molecule has 0 bridgehead atoms. The predicted molar refractivity (Wildman–Crippen MR) is 32.9 cm³/mol. The Morgan fingerprint density at radius 2 is 2.33 bits per heavy atom. The Labute approximate surface area is 53.9 Å². The fraction of sp³-hybridized carbons (Fsp3) is 0.500. The topological polar surface area (TPSA) is 46.5 Å². The molecular formula is C6H10O3. The lowest BCUT2D eigenvalue weighted by Crippen LogP contribution is -2.09. The van der Waals surface area contributed by atoms with Crippen LogP contribution in [-0.4, -0.2) is 24.3 Å². The minimum Gasteiger partial charge on any atom is -0.459 e. The van der Waals surface area contributed by atoms with Gasteiger partial charge in [0, 0.05) is 0 Å². The Morgan fingerprint density at radius 3 is 2.67 bits per heavy atom. The largest absolute Gasteiger partial charge is 0.459 e. The minimum absolute atomic E-state index is 0.194. The summed E-state index contributed by atoms with van der Waals surface area (Å²) in [6, 6.07) is 0. The summed E-state index contributed by atoms with van der Waals surface area (Å²) in [5.74, 6) is -0.613. The van der Waals surface area contributed by atoms with Crippen LogP contribution in [0.25, 0.3) is 0 Å². The van der Waals surface area contributed by atoms with Gasteiger partial charge in [-0.3, -0.25) is 0 Å². The van der Waals surface area contributed by atoms with Crippen molar-refractivity contribution >= 4 is 5.97 Å². The summed E-state index contributed by atoms with van der Waals surface area (Å²) in [7, 11) is 0. The highest BCUT2D eigenvalue weighted by atomic mass is 16.5. The number of aliphatic hydroxyl groups is 1. The van der Waals surface area contributed by atoms with Crippen molar-refractivity contribution < 1.29 is 14.6 Å². The van der Waals surface area contributed by atoms with Gasteiger partial charge >= 0.3 is 5.97 Å². The number of hydrogen-bond acceptors (Lipinski definition) is 3. The second kappa shape index (κ2) is 4.09. The van der Waals surface area contributed by atoms with E-state index in [-0.39, 0.29) is 6.61 Å². The van der Waals surface area contributed by atoms with Gasteiger partial charge in [0.25, 0.3) is 0 Å². The van der Waals surface area contributed by atoms with Gasteiger partial charge < -0.3 is 9.84 Å². The second-order valence-corrected chi connectivity index (χ2v) is 1.78. The first-order chi connectivity index (χ1) is 4.16. The Bertz CT molecular complexity index is 117. The van der Waals surface area contributed by atoms with Gasteiger partial charge in [0.1, 0.15) is 13.2 Å². The van der Waals surface area contributed by atoms with Crippen LogP contribution in [0.15, 0.2) is 12.2 Å². The summed E-state index contributed by atoms with van der Waals surface area (Å²) in [4.78, 5) is 10.2. The van der Waals surface area contributed by atoms with Crippen molar-refractivity contribution in [3.8, 4) is 0 Å². The summed E-state index contributed by atoms with van der Waals surface area (Å²) in [6.45, 7) is 4.87. The van der Waals surface area contributed by atoms with Crippen molar-refractivity contribution in [1.29, 1.82) is 0 Å². The van der Waals surface area contributed by atoms with Crippen LogP contribution in [0.1, 0.15) is 6.92 Å². The van der Waals surface area contributed by atoms with E-state index < -0.39 is 12.6 Å². The first kappa shape index (κ1) is 8.17. The third-order valence-corrected chi connectivity index (χ3v) is 0.609. The number of esters is 1. The molecule has 0 aromatic rings. The highest BCUT2D eigenvalue weighted by molar-refractivity contribution is 5.70. The van der Waals surface area contributed by atoms with E-state index in [0.717, 1.165) is 5.57 Å². The monoisotopic (exact) mass is 130 g/mol. The van der Waals surface area contributed by atoms with Crippen LogP contribution in [0.4, 0.5) is 0 Å². The molecule has 0 amide bonds. The summed E-state index contributed by atoms with van der Waals surface area (Å²) in [5, 5.41) is 8.14. The van der Waals surface area contributed by atoms with Crippen molar-refractivity contribution in [3.05, 3.63) is 12.2 Å². The number of rotatable bonds is 3. The van der Waals surface area contributed by atoms with Crippen molar-refractivity contribution in [2.24, 2.45) is 0 Å². The number of hydrogen-bond donors (Lipinski definition) is 1. The van der Waals surface area contributed by atoms with Gasteiger partial charge in [-0.2, -0.15) is 0 Å². The van der Waals surface area contributed by atoms with Gasteiger partial charge in [0.15, 0.2) is 0 Å². The van der Waals surface area contributed by atoms with E-state index in [1.807, 2.05) is 0 Å². The molecule has 0 aliphatic heterocycles. The van der Waals surface area contributed by atoms with Gasteiger partial charge in [0.2, 0.25) is 0 Å². The van der Waals surface area contributed by atoms with Gasteiger partial charge in [-0.15, -0.1) is 0 Å². The molecule has 0 unspecified atom stereocenters. The quantitative estimate of drug-likeness (QED) is 0.435. The number of carbonyl (C=O) groups is 1. The second-order valence-electron chi connectivity index (χ2n) is 1.78. The van der Waals surface area contributed by atoms with Crippen LogP contribution in [0.3, 0.4) is 0 Å². The Kier molecular flexibility index (Phi) is 3.71. The van der Waals surface area contributed by atoms with Crippen molar-refractivity contribution in [2.75, 3.05) is 13.2 Å². The lowest BCUT2D eigenvalue weighted by molar-refractivity contribution is -0.145. The standard InChI is InChI=1S/C6H10O3/c1-5(2)4-9-6(8)3-7/h7H,1,3-4H2,2H3. The number of ether oxygens (including phenoxy) is 1. The molecule has 0 saturated carbocycles. The lowest BCUT2D eigenvalue weighted by Gasteiger charge is -1.99. The first-order valence-electron chi connectivity index (χ1n) is 2.57. The maximum absolute atomic E-state index is 10.2. The average molecular weight is 130 g/mol. The molecular weight excluding hydrogens is 120 g/mol. The average Bonchev–Trinajstić information content (AvgIpc) is 1.83. The summed E-state index contributed by atoms with van der Waals surface area (Å²) in [6.07, 6.45) is 0. The summed E-state index contributed by atoms with van der Waals surface area (Å²) < 4.78 is 4.46. The highest BCUT2D eigenvalue weighted by Gasteiger charge is 1.96. The highest BCUT2D eigenvalue weighted by Crippen LogP contribution is 1.87. The van der Waals surface area contributed by atoms with E-state index in [2.05, 4.69) is 11.3 Å². The molecule has 0 aliphatic rings. The Hall–Kier alpha value is -0.830. The van der Waals surface area contributed by atoms with Crippen LogP contribution < -0.4 is 0 Å². The third-order valence-electron chi connectivity index (χ3n) is 0.609. The summed E-state index contributed by atoms with van der Waals surface area (Å²) in [5.41, 5.74) is 0.761. The smallest absolute Gasteiger partial charge is 0.332 e. The van der Waals surface area contributed by atoms with Gasteiger partial charge in [-0.05, 0) is 12.5 Å². The normalized spacial score (nSPS) is 8.67. The fourth-order valence-electron chi connectivity index (χ4n) is 0.249. The fourth-order valence-corrected chi connectivity index (χ4v) is 0.249. The van der Waals surface area contributed by atoms with E-state index in [0.29, 0.717) is 0 Å². The van der Waals surface area contributed by atoms with Gasteiger partial charge in [0.05, 0.1) is 0 Å². The van der Waals surface area contributed by atoms with E-state index in [1.54, 1.807) is 6.92 Å². The zero-order valence-electron chi connectivity index (χ0n) is 5.39.